The van der Waals surface area contributed by atoms with Gasteiger partial charge < -0.3 is 44.3 Å². The fraction of sp³-hybridized carbons (Fsp3) is 0.556. The summed E-state index contributed by atoms with van der Waals surface area (Å²) < 4.78 is 34.2. The van der Waals surface area contributed by atoms with E-state index in [2.05, 4.69) is 5.32 Å². The largest absolute Gasteiger partial charge is 0.505 e. The zero-order valence-electron chi connectivity index (χ0n) is 23.6. The van der Waals surface area contributed by atoms with Gasteiger partial charge in [0.1, 0.15) is 17.4 Å². The number of halogens is 2. The molecule has 0 unspecified atom stereocenters. The molecule has 1 saturated heterocycles. The molecule has 232 valence electrons. The van der Waals surface area contributed by atoms with E-state index in [0.29, 0.717) is 12.8 Å². The Balaban J connectivity index is 2.02. The van der Waals surface area contributed by atoms with Gasteiger partial charge in [-0.2, -0.15) is 0 Å². The predicted octanol–water partition coefficient (Wildman–Crippen LogP) is 3.69. The maximum absolute atomic E-state index is 12.7. The van der Waals surface area contributed by atoms with Crippen LogP contribution in [0.3, 0.4) is 0 Å². The van der Waals surface area contributed by atoms with Crippen LogP contribution in [-0.2, 0) is 28.5 Å². The van der Waals surface area contributed by atoms with Crippen LogP contribution in [0.15, 0.2) is 21.3 Å². The molecule has 42 heavy (non-hydrogen) atoms. The van der Waals surface area contributed by atoms with Gasteiger partial charge in [0.15, 0.2) is 17.5 Å². The number of hydrogen-bond donors (Lipinski definition) is 3. The van der Waals surface area contributed by atoms with E-state index in [9.17, 15) is 24.3 Å². The summed E-state index contributed by atoms with van der Waals surface area (Å²) in [6.45, 7) is 4.88. The maximum Gasteiger partial charge on any atom is 0.405 e. The molecule has 0 spiro atoms. The summed E-state index contributed by atoms with van der Waals surface area (Å²) >= 11 is 11.3. The molecule has 0 bridgehead atoms. The van der Waals surface area contributed by atoms with E-state index < -0.39 is 65.2 Å². The zero-order chi connectivity index (χ0) is 31.2. The Morgan fingerprint density at radius 3 is 2.38 bits per heavy atom. The van der Waals surface area contributed by atoms with Crippen molar-refractivity contribution in [2.24, 2.45) is 5.73 Å². The summed E-state index contributed by atoms with van der Waals surface area (Å²) in [5, 5.41) is 13.3. The van der Waals surface area contributed by atoms with E-state index >= 15 is 0 Å². The van der Waals surface area contributed by atoms with Crippen molar-refractivity contribution in [3.63, 3.8) is 0 Å². The Morgan fingerprint density at radius 2 is 1.76 bits per heavy atom. The van der Waals surface area contributed by atoms with Crippen molar-refractivity contribution in [2.45, 2.75) is 76.7 Å². The number of ether oxygens (including phenoxy) is 5. The van der Waals surface area contributed by atoms with Crippen molar-refractivity contribution in [2.75, 3.05) is 24.2 Å². The molecule has 1 aliphatic heterocycles. The van der Waals surface area contributed by atoms with Crippen molar-refractivity contribution >= 4 is 57.8 Å². The molecule has 13 nitrogen and oxygen atoms in total. The number of hydrogen-bond acceptors (Lipinski definition) is 11. The number of carbonyl (C=O) groups is 3. The average molecular weight is 633 g/mol. The van der Waals surface area contributed by atoms with Crippen LogP contribution in [0.5, 0.6) is 11.5 Å². The number of rotatable bonds is 12. The minimum atomic E-state index is -1.35. The number of benzene rings is 1. The molecule has 1 fully saturated rings. The molecule has 1 aliphatic rings. The Kier molecular flexibility index (Phi) is 11.3. The lowest BCUT2D eigenvalue weighted by Crippen LogP contribution is -2.66. The molecular formula is C27H34Cl2N2O11. The summed E-state index contributed by atoms with van der Waals surface area (Å²) in [7, 11) is 1.37. The third-order valence-corrected chi connectivity index (χ3v) is 7.11. The number of carbonyl (C=O) groups excluding carboxylic acids is 3. The first kappa shape index (κ1) is 33.2. The van der Waals surface area contributed by atoms with Gasteiger partial charge in [0, 0.05) is 37.3 Å². The van der Waals surface area contributed by atoms with Crippen molar-refractivity contribution in [3.05, 3.63) is 28.1 Å². The highest BCUT2D eigenvalue weighted by atomic mass is 35.5. The van der Waals surface area contributed by atoms with E-state index in [1.165, 1.54) is 19.2 Å². The van der Waals surface area contributed by atoms with Crippen LogP contribution in [0.2, 0.25) is 0 Å². The number of methoxy groups -OCH3 is 1. The van der Waals surface area contributed by atoms with Crippen LogP contribution in [0.1, 0.15) is 45.1 Å². The molecule has 1 aromatic heterocycles. The predicted molar refractivity (Wildman–Crippen MR) is 152 cm³/mol. The van der Waals surface area contributed by atoms with Crippen molar-refractivity contribution in [1.82, 2.24) is 0 Å². The summed E-state index contributed by atoms with van der Waals surface area (Å²) in [6, 6.07) is 2.88. The summed E-state index contributed by atoms with van der Waals surface area (Å²) in [5.41, 5.74) is 3.04. The van der Waals surface area contributed by atoms with Crippen LogP contribution in [0, 0.1) is 6.92 Å². The van der Waals surface area contributed by atoms with Gasteiger partial charge in [-0.3, -0.25) is 9.59 Å². The highest BCUT2D eigenvalue weighted by Crippen LogP contribution is 2.39. The Labute approximate surface area is 251 Å². The van der Waals surface area contributed by atoms with Crippen molar-refractivity contribution < 1.29 is 47.6 Å². The number of amides is 2. The summed E-state index contributed by atoms with van der Waals surface area (Å²) in [6.07, 6.45) is -5.23. The molecule has 2 amide bonds. The van der Waals surface area contributed by atoms with Gasteiger partial charge in [-0.25, -0.2) is 9.59 Å². The lowest BCUT2D eigenvalue weighted by molar-refractivity contribution is -0.307. The molecule has 1 aromatic carbocycles. The van der Waals surface area contributed by atoms with Crippen LogP contribution in [-0.4, -0.2) is 72.1 Å². The van der Waals surface area contributed by atoms with E-state index in [0.717, 1.165) is 0 Å². The number of aryl methyl sites for hydroxylation is 1. The normalized spacial score (nSPS) is 21.5. The first-order valence-electron chi connectivity index (χ1n) is 13.1. The topological polar surface area (TPSA) is 186 Å². The van der Waals surface area contributed by atoms with Gasteiger partial charge in [-0.1, -0.05) is 0 Å². The minimum Gasteiger partial charge on any atom is -0.505 e. The smallest absolute Gasteiger partial charge is 0.405 e. The van der Waals surface area contributed by atoms with Gasteiger partial charge >= 0.3 is 17.7 Å². The number of fused-ring (bicyclic) bond motifs is 1. The van der Waals surface area contributed by atoms with Crippen LogP contribution in [0.25, 0.3) is 11.0 Å². The minimum absolute atomic E-state index is 0.0266. The monoisotopic (exact) mass is 632 g/mol. The van der Waals surface area contributed by atoms with Gasteiger partial charge in [0.2, 0.25) is 18.3 Å². The second-order valence-electron chi connectivity index (χ2n) is 10.0. The molecule has 4 N–H and O–H groups in total. The van der Waals surface area contributed by atoms with Crippen molar-refractivity contribution in [1.29, 1.82) is 0 Å². The third-order valence-electron chi connectivity index (χ3n) is 6.58. The number of primary amides is 1. The second-order valence-corrected chi connectivity index (χ2v) is 10.8. The van der Waals surface area contributed by atoms with E-state index in [4.69, 9.17) is 57.0 Å². The molecule has 15 heteroatoms. The highest BCUT2D eigenvalue weighted by molar-refractivity contribution is 6.18. The van der Waals surface area contributed by atoms with E-state index in [1.807, 2.05) is 0 Å². The molecule has 0 radical (unpaired) electrons. The van der Waals surface area contributed by atoms with Crippen LogP contribution >= 0.6 is 23.2 Å². The number of esters is 1. The fourth-order valence-corrected chi connectivity index (χ4v) is 4.90. The fourth-order valence-electron chi connectivity index (χ4n) is 4.63. The van der Waals surface area contributed by atoms with E-state index in [-0.39, 0.29) is 46.9 Å². The van der Waals surface area contributed by atoms with Crippen molar-refractivity contribution in [3.8, 4) is 11.5 Å². The highest BCUT2D eigenvalue weighted by Gasteiger charge is 2.55. The first-order chi connectivity index (χ1) is 19.8. The van der Waals surface area contributed by atoms with Gasteiger partial charge in [-0.15, -0.1) is 23.2 Å². The molecule has 4 atom stereocenters. The van der Waals surface area contributed by atoms with Gasteiger partial charge in [0.05, 0.1) is 11.0 Å². The van der Waals surface area contributed by atoms with Crippen LogP contribution < -0.4 is 21.4 Å². The second kappa shape index (κ2) is 14.3. The lowest BCUT2D eigenvalue weighted by Gasteiger charge is -2.48. The van der Waals surface area contributed by atoms with Gasteiger partial charge in [0.25, 0.3) is 0 Å². The zero-order valence-corrected chi connectivity index (χ0v) is 25.1. The number of aromatic hydroxyl groups is 1. The summed E-state index contributed by atoms with van der Waals surface area (Å²) in [5.74, 6) is -1.06. The third kappa shape index (κ3) is 7.57. The molecule has 3 rings (SSSR count). The Bertz CT molecular complexity index is 1360. The quantitative estimate of drug-likeness (QED) is 0.176. The summed E-state index contributed by atoms with van der Waals surface area (Å²) in [4.78, 5) is 49.3. The molecule has 2 heterocycles. The first-order valence-corrected chi connectivity index (χ1v) is 14.2. The SMILES string of the molecule is CO[C@H]1[C@@H](OC(N)=O)[C@@H](OC(=O)CCCCl)[C@H](Oc2ccc3c(O)c(NC(=O)CCCCl)c(=O)oc3c2C)OC1(C)C. The molecule has 0 saturated carbocycles. The Hall–Kier alpha value is -3.26. The Morgan fingerprint density at radius 1 is 1.10 bits per heavy atom. The standard InChI is InChI=1S/C27H34Cl2N2O11/c1-13-15(10-9-14-19(34)18(24(35)40-20(13)14)31-16(32)7-5-11-28)38-25-22(39-17(33)8-6-12-29)21(41-26(30)36)23(37-4)27(2,3)42-25/h9-10,21-23,25,34H,5-8,11-12H2,1-4H3,(H2,30,36)(H,31,32)/t21-,22+,23-,25+/m0/s1. The number of nitrogens with two attached hydrogens (primary N) is 1. The number of anilines is 1. The lowest BCUT2D eigenvalue weighted by atomic mass is 9.89. The number of nitrogens with one attached hydrogen (secondary N) is 1. The molecule has 0 aliphatic carbocycles. The maximum atomic E-state index is 12.7. The van der Waals surface area contributed by atoms with Crippen LogP contribution in [0.4, 0.5) is 10.5 Å². The van der Waals surface area contributed by atoms with Gasteiger partial charge in [-0.05, 0) is 45.7 Å². The molecule has 2 aromatic rings. The molecular weight excluding hydrogens is 599 g/mol. The van der Waals surface area contributed by atoms with E-state index in [1.54, 1.807) is 20.8 Å². The number of alkyl halides is 2. The average Bonchev–Trinajstić information content (AvgIpc) is 2.92.